The standard InChI is InChI=1S/C24H24N2O6S/c1-4-32-24(28)18-8-7-9-19(16-18)25-23(27)17-12-14-20(15-13-17)33(29,30)26(2)21-10-5-6-11-22(21)31-3/h5-16H,4H2,1-3H3,(H,25,27). The maximum Gasteiger partial charge on any atom is 0.338 e. The fourth-order valence-electron chi connectivity index (χ4n) is 3.10. The Kier molecular flexibility index (Phi) is 7.34. The van der Waals surface area contributed by atoms with Crippen molar-refractivity contribution in [1.29, 1.82) is 0 Å². The zero-order valence-corrected chi connectivity index (χ0v) is 19.3. The van der Waals surface area contributed by atoms with Crippen molar-refractivity contribution in [1.82, 2.24) is 0 Å². The monoisotopic (exact) mass is 468 g/mol. The number of nitrogens with zero attached hydrogens (tertiary/aromatic N) is 1. The Hall–Kier alpha value is -3.85. The van der Waals surface area contributed by atoms with Crippen molar-refractivity contribution in [2.75, 3.05) is 30.4 Å². The molecule has 0 saturated carbocycles. The minimum Gasteiger partial charge on any atom is -0.495 e. The molecule has 172 valence electrons. The SMILES string of the molecule is CCOC(=O)c1cccc(NC(=O)c2ccc(S(=O)(=O)N(C)c3ccccc3OC)cc2)c1. The Bertz CT molecular complexity index is 1260. The zero-order chi connectivity index (χ0) is 24.0. The Morgan fingerprint density at radius 1 is 0.939 bits per heavy atom. The molecule has 0 aromatic heterocycles. The number of methoxy groups -OCH3 is 1. The molecular weight excluding hydrogens is 444 g/mol. The summed E-state index contributed by atoms with van der Waals surface area (Å²) >= 11 is 0. The van der Waals surface area contributed by atoms with Crippen LogP contribution in [0.25, 0.3) is 0 Å². The predicted octanol–water partition coefficient (Wildman–Crippen LogP) is 3.95. The van der Waals surface area contributed by atoms with E-state index in [2.05, 4.69) is 5.32 Å². The van der Waals surface area contributed by atoms with Crippen molar-refractivity contribution in [3.63, 3.8) is 0 Å². The largest absolute Gasteiger partial charge is 0.495 e. The maximum absolute atomic E-state index is 13.1. The molecule has 0 aliphatic heterocycles. The number of hydrogen-bond acceptors (Lipinski definition) is 6. The number of rotatable bonds is 8. The second-order valence-corrected chi connectivity index (χ2v) is 8.89. The van der Waals surface area contributed by atoms with Crippen molar-refractivity contribution in [3.05, 3.63) is 83.9 Å². The fraction of sp³-hybridized carbons (Fsp3) is 0.167. The summed E-state index contributed by atoms with van der Waals surface area (Å²) < 4.78 is 37.5. The van der Waals surface area contributed by atoms with Gasteiger partial charge in [0.25, 0.3) is 15.9 Å². The van der Waals surface area contributed by atoms with Crippen LogP contribution in [-0.4, -0.2) is 41.1 Å². The average molecular weight is 469 g/mol. The molecule has 0 atom stereocenters. The third kappa shape index (κ3) is 5.32. The van der Waals surface area contributed by atoms with Crippen LogP contribution in [0, 0.1) is 0 Å². The van der Waals surface area contributed by atoms with Gasteiger partial charge < -0.3 is 14.8 Å². The molecule has 0 aliphatic rings. The lowest BCUT2D eigenvalue weighted by molar-refractivity contribution is 0.0526. The summed E-state index contributed by atoms with van der Waals surface area (Å²) in [5, 5.41) is 2.69. The highest BCUT2D eigenvalue weighted by Crippen LogP contribution is 2.30. The van der Waals surface area contributed by atoms with E-state index in [4.69, 9.17) is 9.47 Å². The van der Waals surface area contributed by atoms with E-state index >= 15 is 0 Å². The molecule has 0 unspecified atom stereocenters. The number of amides is 1. The summed E-state index contributed by atoms with van der Waals surface area (Å²) in [6.07, 6.45) is 0. The van der Waals surface area contributed by atoms with Gasteiger partial charge in [0.05, 0.1) is 29.9 Å². The van der Waals surface area contributed by atoms with Crippen LogP contribution in [0.5, 0.6) is 5.75 Å². The number of esters is 1. The minimum absolute atomic E-state index is 0.0248. The predicted molar refractivity (Wildman–Crippen MR) is 125 cm³/mol. The first kappa shape index (κ1) is 23.8. The van der Waals surface area contributed by atoms with Crippen LogP contribution >= 0.6 is 0 Å². The summed E-state index contributed by atoms with van der Waals surface area (Å²) in [5.74, 6) is -0.509. The van der Waals surface area contributed by atoms with E-state index < -0.39 is 21.9 Å². The van der Waals surface area contributed by atoms with E-state index in [0.29, 0.717) is 22.7 Å². The highest BCUT2D eigenvalue weighted by molar-refractivity contribution is 7.92. The molecule has 0 bridgehead atoms. The molecule has 1 N–H and O–H groups in total. The molecule has 1 amide bonds. The van der Waals surface area contributed by atoms with Crippen LogP contribution < -0.4 is 14.4 Å². The Morgan fingerprint density at radius 3 is 2.30 bits per heavy atom. The van der Waals surface area contributed by atoms with Gasteiger partial charge in [-0.1, -0.05) is 18.2 Å². The van der Waals surface area contributed by atoms with Gasteiger partial charge in [-0.3, -0.25) is 9.10 Å². The first-order chi connectivity index (χ1) is 15.8. The quantitative estimate of drug-likeness (QED) is 0.502. The van der Waals surface area contributed by atoms with E-state index in [0.717, 1.165) is 4.31 Å². The van der Waals surface area contributed by atoms with Crippen molar-refractivity contribution in [2.24, 2.45) is 0 Å². The van der Waals surface area contributed by atoms with Gasteiger partial charge >= 0.3 is 5.97 Å². The van der Waals surface area contributed by atoms with Gasteiger partial charge in [0.2, 0.25) is 0 Å². The van der Waals surface area contributed by atoms with Crippen molar-refractivity contribution in [2.45, 2.75) is 11.8 Å². The first-order valence-electron chi connectivity index (χ1n) is 10.1. The smallest absolute Gasteiger partial charge is 0.338 e. The van der Waals surface area contributed by atoms with Crippen LogP contribution in [-0.2, 0) is 14.8 Å². The number of carbonyl (C=O) groups is 2. The van der Waals surface area contributed by atoms with Gasteiger partial charge in [0, 0.05) is 18.3 Å². The van der Waals surface area contributed by atoms with Gasteiger partial charge in [0.1, 0.15) is 5.75 Å². The van der Waals surface area contributed by atoms with Crippen molar-refractivity contribution < 1.29 is 27.5 Å². The van der Waals surface area contributed by atoms with Gasteiger partial charge in [-0.05, 0) is 61.5 Å². The lowest BCUT2D eigenvalue weighted by Gasteiger charge is -2.21. The molecule has 8 nitrogen and oxygen atoms in total. The van der Waals surface area contributed by atoms with Gasteiger partial charge in [-0.25, -0.2) is 13.2 Å². The maximum atomic E-state index is 13.1. The number of benzene rings is 3. The highest BCUT2D eigenvalue weighted by atomic mass is 32.2. The zero-order valence-electron chi connectivity index (χ0n) is 18.4. The number of para-hydroxylation sites is 2. The number of sulfonamides is 1. The second-order valence-electron chi connectivity index (χ2n) is 6.92. The van der Waals surface area contributed by atoms with Crippen LogP contribution in [0.2, 0.25) is 0 Å². The third-order valence-electron chi connectivity index (χ3n) is 4.83. The van der Waals surface area contributed by atoms with Crippen molar-refractivity contribution >= 4 is 33.3 Å². The molecule has 0 heterocycles. The van der Waals surface area contributed by atoms with E-state index in [1.165, 1.54) is 44.5 Å². The topological polar surface area (TPSA) is 102 Å². The molecule has 0 spiro atoms. The molecule has 3 aromatic carbocycles. The second kappa shape index (κ2) is 10.2. The molecule has 0 fully saturated rings. The Balaban J connectivity index is 1.78. The molecule has 3 rings (SSSR count). The van der Waals surface area contributed by atoms with E-state index in [-0.39, 0.29) is 17.1 Å². The molecule has 3 aromatic rings. The third-order valence-corrected chi connectivity index (χ3v) is 6.62. The number of anilines is 2. The van der Waals surface area contributed by atoms with Gasteiger partial charge in [-0.15, -0.1) is 0 Å². The Labute approximate surface area is 192 Å². The lowest BCUT2D eigenvalue weighted by atomic mass is 10.1. The number of nitrogens with one attached hydrogen (secondary N) is 1. The van der Waals surface area contributed by atoms with E-state index in [1.807, 2.05) is 0 Å². The normalized spacial score (nSPS) is 10.9. The highest BCUT2D eigenvalue weighted by Gasteiger charge is 2.24. The molecule has 0 aliphatic carbocycles. The minimum atomic E-state index is -3.88. The summed E-state index contributed by atoms with van der Waals surface area (Å²) in [7, 11) is -0.974. The summed E-state index contributed by atoms with van der Waals surface area (Å²) in [6, 6.07) is 18.7. The molecular formula is C24H24N2O6S. The average Bonchev–Trinajstić information content (AvgIpc) is 2.83. The number of hydrogen-bond donors (Lipinski definition) is 1. The van der Waals surface area contributed by atoms with Crippen LogP contribution in [0.15, 0.2) is 77.7 Å². The molecule has 0 saturated heterocycles. The molecule has 0 radical (unpaired) electrons. The molecule has 33 heavy (non-hydrogen) atoms. The summed E-state index contributed by atoms with van der Waals surface area (Å²) in [4.78, 5) is 24.5. The van der Waals surface area contributed by atoms with Gasteiger partial charge in [0.15, 0.2) is 0 Å². The number of ether oxygens (including phenoxy) is 2. The summed E-state index contributed by atoms with van der Waals surface area (Å²) in [5.41, 5.74) is 1.38. The number of carbonyl (C=O) groups excluding carboxylic acids is 2. The molecule has 9 heteroatoms. The lowest BCUT2D eigenvalue weighted by Crippen LogP contribution is -2.27. The van der Waals surface area contributed by atoms with Crippen LogP contribution in [0.4, 0.5) is 11.4 Å². The van der Waals surface area contributed by atoms with E-state index in [9.17, 15) is 18.0 Å². The Morgan fingerprint density at radius 2 is 1.64 bits per heavy atom. The first-order valence-corrected chi connectivity index (χ1v) is 11.5. The summed E-state index contributed by atoms with van der Waals surface area (Å²) in [6.45, 7) is 1.96. The van der Waals surface area contributed by atoms with Crippen LogP contribution in [0.1, 0.15) is 27.6 Å². The van der Waals surface area contributed by atoms with Crippen molar-refractivity contribution in [3.8, 4) is 5.75 Å². The van der Waals surface area contributed by atoms with E-state index in [1.54, 1.807) is 49.4 Å². The van der Waals surface area contributed by atoms with Gasteiger partial charge in [-0.2, -0.15) is 0 Å². The fourth-order valence-corrected chi connectivity index (χ4v) is 4.30. The van der Waals surface area contributed by atoms with Crippen LogP contribution in [0.3, 0.4) is 0 Å².